The molecule has 0 amide bonds. The average Bonchev–Trinajstić information content (AvgIpc) is 3.09. The van der Waals surface area contributed by atoms with Crippen molar-refractivity contribution in [1.82, 2.24) is 10.2 Å². The number of rotatable bonds is 4. The molecule has 2 fully saturated rings. The normalized spacial score (nSPS) is 28.9. The standard InChI is InChI=1S/C16H24N2/c1-2-4-15(5-3-1)16-8-11-18(13-16)10-7-14-6-9-17-12-14/h1-5,14,16-17H,6-13H2. The molecule has 1 aromatic rings. The molecule has 2 nitrogen and oxygen atoms in total. The van der Waals surface area contributed by atoms with Crippen LogP contribution in [0.2, 0.25) is 0 Å². The Morgan fingerprint density at radius 3 is 2.83 bits per heavy atom. The van der Waals surface area contributed by atoms with Crippen LogP contribution in [-0.4, -0.2) is 37.6 Å². The molecule has 1 aromatic carbocycles. The zero-order valence-corrected chi connectivity index (χ0v) is 11.1. The molecule has 0 spiro atoms. The molecule has 0 aliphatic carbocycles. The lowest BCUT2D eigenvalue weighted by Crippen LogP contribution is -2.24. The summed E-state index contributed by atoms with van der Waals surface area (Å²) in [7, 11) is 0. The predicted molar refractivity (Wildman–Crippen MR) is 75.8 cm³/mol. The van der Waals surface area contributed by atoms with Gasteiger partial charge in [0.05, 0.1) is 0 Å². The Kier molecular flexibility index (Phi) is 3.96. The molecule has 0 aromatic heterocycles. The highest BCUT2D eigenvalue weighted by molar-refractivity contribution is 5.20. The third-order valence-electron chi connectivity index (χ3n) is 4.56. The topological polar surface area (TPSA) is 15.3 Å². The summed E-state index contributed by atoms with van der Waals surface area (Å²) in [6.07, 6.45) is 4.11. The van der Waals surface area contributed by atoms with Crippen molar-refractivity contribution >= 4 is 0 Å². The van der Waals surface area contributed by atoms with Crippen molar-refractivity contribution in [3.63, 3.8) is 0 Å². The smallest absolute Gasteiger partial charge is 0.00507 e. The maximum absolute atomic E-state index is 3.46. The first kappa shape index (κ1) is 12.2. The van der Waals surface area contributed by atoms with E-state index in [0.29, 0.717) is 0 Å². The van der Waals surface area contributed by atoms with E-state index >= 15 is 0 Å². The van der Waals surface area contributed by atoms with Gasteiger partial charge in [0.25, 0.3) is 0 Å². The van der Waals surface area contributed by atoms with Gasteiger partial charge in [-0.3, -0.25) is 0 Å². The van der Waals surface area contributed by atoms with Crippen LogP contribution >= 0.6 is 0 Å². The Labute approximate surface area is 110 Å². The lowest BCUT2D eigenvalue weighted by molar-refractivity contribution is 0.304. The Morgan fingerprint density at radius 1 is 1.17 bits per heavy atom. The van der Waals surface area contributed by atoms with E-state index < -0.39 is 0 Å². The summed E-state index contributed by atoms with van der Waals surface area (Å²) in [5.41, 5.74) is 1.53. The molecule has 2 heteroatoms. The van der Waals surface area contributed by atoms with E-state index in [1.807, 2.05) is 0 Å². The van der Waals surface area contributed by atoms with Crippen molar-refractivity contribution in [3.05, 3.63) is 35.9 Å². The molecule has 18 heavy (non-hydrogen) atoms. The first-order valence-electron chi connectivity index (χ1n) is 7.40. The summed E-state index contributed by atoms with van der Waals surface area (Å²) >= 11 is 0. The zero-order valence-electron chi connectivity index (χ0n) is 11.1. The molecule has 3 rings (SSSR count). The van der Waals surface area contributed by atoms with Gasteiger partial charge in [0, 0.05) is 6.54 Å². The monoisotopic (exact) mass is 244 g/mol. The van der Waals surface area contributed by atoms with Crippen molar-refractivity contribution in [2.45, 2.75) is 25.2 Å². The highest BCUT2D eigenvalue weighted by atomic mass is 15.1. The van der Waals surface area contributed by atoms with Gasteiger partial charge in [0.1, 0.15) is 0 Å². The van der Waals surface area contributed by atoms with Crippen molar-refractivity contribution in [2.24, 2.45) is 5.92 Å². The second kappa shape index (κ2) is 5.85. The summed E-state index contributed by atoms with van der Waals surface area (Å²) in [6, 6.07) is 11.0. The quantitative estimate of drug-likeness (QED) is 0.875. The van der Waals surface area contributed by atoms with E-state index in [1.165, 1.54) is 57.5 Å². The van der Waals surface area contributed by atoms with Crippen molar-refractivity contribution in [3.8, 4) is 0 Å². The molecule has 2 heterocycles. The summed E-state index contributed by atoms with van der Waals surface area (Å²) in [5.74, 6) is 1.70. The second-order valence-corrected chi connectivity index (χ2v) is 5.84. The van der Waals surface area contributed by atoms with Crippen LogP contribution < -0.4 is 5.32 Å². The number of nitrogens with one attached hydrogen (secondary N) is 1. The van der Waals surface area contributed by atoms with Crippen molar-refractivity contribution in [2.75, 3.05) is 32.7 Å². The summed E-state index contributed by atoms with van der Waals surface area (Å²) < 4.78 is 0. The summed E-state index contributed by atoms with van der Waals surface area (Å²) in [6.45, 7) is 6.34. The maximum Gasteiger partial charge on any atom is 0.00507 e. The molecule has 2 aliphatic heterocycles. The van der Waals surface area contributed by atoms with Gasteiger partial charge in [-0.05, 0) is 62.8 Å². The fraction of sp³-hybridized carbons (Fsp3) is 0.625. The third-order valence-corrected chi connectivity index (χ3v) is 4.56. The molecule has 0 radical (unpaired) electrons. The maximum atomic E-state index is 3.46. The van der Waals surface area contributed by atoms with Gasteiger partial charge in [-0.1, -0.05) is 30.3 Å². The van der Waals surface area contributed by atoms with E-state index in [-0.39, 0.29) is 0 Å². The molecular formula is C16H24N2. The van der Waals surface area contributed by atoms with Gasteiger partial charge < -0.3 is 10.2 Å². The van der Waals surface area contributed by atoms with Crippen molar-refractivity contribution in [1.29, 1.82) is 0 Å². The lowest BCUT2D eigenvalue weighted by atomic mass is 9.99. The first-order chi connectivity index (χ1) is 8.92. The van der Waals surface area contributed by atoms with Gasteiger partial charge in [0.2, 0.25) is 0 Å². The molecule has 2 aliphatic rings. The Bertz CT molecular complexity index is 357. The van der Waals surface area contributed by atoms with Gasteiger partial charge in [-0.25, -0.2) is 0 Å². The molecule has 98 valence electrons. The highest BCUT2D eigenvalue weighted by Crippen LogP contribution is 2.27. The van der Waals surface area contributed by atoms with Crippen LogP contribution in [0, 0.1) is 5.92 Å². The second-order valence-electron chi connectivity index (χ2n) is 5.84. The first-order valence-corrected chi connectivity index (χ1v) is 7.40. The van der Waals surface area contributed by atoms with Gasteiger partial charge in [-0.2, -0.15) is 0 Å². The molecule has 1 N–H and O–H groups in total. The van der Waals surface area contributed by atoms with Gasteiger partial charge in [-0.15, -0.1) is 0 Å². The van der Waals surface area contributed by atoms with E-state index in [1.54, 1.807) is 0 Å². The van der Waals surface area contributed by atoms with Crippen molar-refractivity contribution < 1.29 is 0 Å². The minimum atomic E-state index is 0.771. The molecular weight excluding hydrogens is 220 g/mol. The van der Waals surface area contributed by atoms with Crippen LogP contribution in [-0.2, 0) is 0 Å². The minimum absolute atomic E-state index is 0.771. The fourth-order valence-corrected chi connectivity index (χ4v) is 3.36. The average molecular weight is 244 g/mol. The van der Waals surface area contributed by atoms with E-state index in [9.17, 15) is 0 Å². The summed E-state index contributed by atoms with van der Waals surface area (Å²) in [5, 5.41) is 3.46. The Morgan fingerprint density at radius 2 is 2.06 bits per heavy atom. The number of likely N-dealkylation sites (tertiary alicyclic amines) is 1. The Balaban J connectivity index is 1.46. The fourth-order valence-electron chi connectivity index (χ4n) is 3.36. The number of hydrogen-bond donors (Lipinski definition) is 1. The SMILES string of the molecule is c1ccc(C2CCN(CCC3CCNC3)C2)cc1. The summed E-state index contributed by atoms with van der Waals surface area (Å²) in [4.78, 5) is 2.66. The van der Waals surface area contributed by atoms with Crippen LogP contribution in [0.3, 0.4) is 0 Å². The largest absolute Gasteiger partial charge is 0.316 e. The highest BCUT2D eigenvalue weighted by Gasteiger charge is 2.24. The molecule has 2 unspecified atom stereocenters. The molecule has 2 atom stereocenters. The van der Waals surface area contributed by atoms with Crippen LogP contribution in [0.5, 0.6) is 0 Å². The van der Waals surface area contributed by atoms with Gasteiger partial charge >= 0.3 is 0 Å². The van der Waals surface area contributed by atoms with Gasteiger partial charge in [0.15, 0.2) is 0 Å². The Hall–Kier alpha value is -0.860. The van der Waals surface area contributed by atoms with Crippen LogP contribution in [0.25, 0.3) is 0 Å². The number of nitrogens with zero attached hydrogens (tertiary/aromatic N) is 1. The van der Waals surface area contributed by atoms with Crippen LogP contribution in [0.15, 0.2) is 30.3 Å². The number of benzene rings is 1. The minimum Gasteiger partial charge on any atom is -0.316 e. The molecule has 0 bridgehead atoms. The van der Waals surface area contributed by atoms with Crippen LogP contribution in [0.4, 0.5) is 0 Å². The van der Waals surface area contributed by atoms with Crippen LogP contribution in [0.1, 0.15) is 30.7 Å². The van der Waals surface area contributed by atoms with E-state index in [0.717, 1.165) is 11.8 Å². The third kappa shape index (κ3) is 2.93. The molecule has 0 saturated carbocycles. The molecule has 2 saturated heterocycles. The lowest BCUT2D eigenvalue weighted by Gasteiger charge is -2.18. The van der Waals surface area contributed by atoms with E-state index in [2.05, 4.69) is 40.5 Å². The number of hydrogen-bond acceptors (Lipinski definition) is 2. The van der Waals surface area contributed by atoms with E-state index in [4.69, 9.17) is 0 Å². The predicted octanol–water partition coefficient (Wildman–Crippen LogP) is 2.48. The zero-order chi connectivity index (χ0) is 12.2.